The standard InChI is InChI=1S/C30H28N2O4P2/c1-7-17-27-21(11-1)22-12-2-8-18-28(22)34-37(33-27)31-25-15-5-6-16-26(25)32-38-35-29-19-9-3-13-23(29)24-14-4-10-20-30(24)36-38/h1-4,7-14,17-20,25-26,31-32H,5-6,15-16H2/t25-,26-/m1/s1. The van der Waals surface area contributed by atoms with Crippen LogP contribution in [0.15, 0.2) is 114 Å². The summed E-state index contributed by atoms with van der Waals surface area (Å²) in [5, 5.41) is 11.7. The van der Waals surface area contributed by atoms with Crippen molar-refractivity contribution < 1.29 is 16.8 Å². The summed E-state index contributed by atoms with van der Waals surface area (Å²) in [6.07, 6.45) is 4.33. The van der Waals surface area contributed by atoms with Crippen LogP contribution in [0.5, 0.6) is 0 Å². The Hall–Kier alpha value is -3.40. The van der Waals surface area contributed by atoms with Crippen LogP contribution in [0, 0.1) is 0 Å². The molecule has 0 bridgehead atoms. The second kappa shape index (κ2) is 10.4. The number of fused-ring (bicyclic) bond motifs is 6. The first kappa shape index (κ1) is 23.7. The average Bonchev–Trinajstić information content (AvgIpc) is 3.21. The molecule has 0 radical (unpaired) electrons. The van der Waals surface area contributed by atoms with Gasteiger partial charge in [-0.2, -0.15) is 0 Å². The van der Waals surface area contributed by atoms with E-state index in [0.29, 0.717) is 0 Å². The van der Waals surface area contributed by atoms with Gasteiger partial charge in [0.05, 0.1) is 0 Å². The molecule has 2 N–H and O–H groups in total. The molecule has 6 aromatic rings. The Morgan fingerprint density at radius 3 is 1.05 bits per heavy atom. The van der Waals surface area contributed by atoms with Gasteiger partial charge in [0.1, 0.15) is 22.3 Å². The van der Waals surface area contributed by atoms with Crippen molar-refractivity contribution in [2.45, 2.75) is 37.8 Å². The maximum Gasteiger partial charge on any atom is 0.307 e. The van der Waals surface area contributed by atoms with Gasteiger partial charge in [0.15, 0.2) is 0 Å². The number of hydrogen-bond donors (Lipinski definition) is 2. The molecule has 6 nitrogen and oxygen atoms in total. The van der Waals surface area contributed by atoms with E-state index in [-0.39, 0.29) is 12.1 Å². The van der Waals surface area contributed by atoms with Gasteiger partial charge in [-0.25, -0.2) is 10.2 Å². The molecular weight excluding hydrogens is 514 g/mol. The molecule has 2 atom stereocenters. The summed E-state index contributed by atoms with van der Waals surface area (Å²) in [6, 6.07) is 32.8. The van der Waals surface area contributed by atoms with Crippen molar-refractivity contribution >= 4 is 60.2 Å². The van der Waals surface area contributed by atoms with E-state index < -0.39 is 16.3 Å². The monoisotopic (exact) mass is 542 g/mol. The van der Waals surface area contributed by atoms with Gasteiger partial charge in [0, 0.05) is 33.6 Å². The van der Waals surface area contributed by atoms with Crippen LogP contribution in [0.1, 0.15) is 25.7 Å². The van der Waals surface area contributed by atoms with Crippen molar-refractivity contribution in [2.75, 3.05) is 10.2 Å². The van der Waals surface area contributed by atoms with Crippen LogP contribution in [0.2, 0.25) is 0 Å². The molecule has 192 valence electrons. The van der Waals surface area contributed by atoms with E-state index in [4.69, 9.17) is 16.8 Å². The van der Waals surface area contributed by atoms with Crippen LogP contribution >= 0.6 is 16.3 Å². The topological polar surface area (TPSA) is 76.6 Å². The molecule has 7 rings (SSSR count). The average molecular weight is 543 g/mol. The van der Waals surface area contributed by atoms with Crippen LogP contribution in [-0.2, 0) is 0 Å². The molecule has 2 aromatic heterocycles. The molecule has 0 unspecified atom stereocenters. The number of nitrogens with one attached hydrogen (secondary N) is 2. The molecule has 0 amide bonds. The third-order valence-corrected chi connectivity index (χ3v) is 9.70. The van der Waals surface area contributed by atoms with Gasteiger partial charge < -0.3 is 16.8 Å². The van der Waals surface area contributed by atoms with E-state index in [2.05, 4.69) is 34.4 Å². The van der Waals surface area contributed by atoms with Crippen LogP contribution in [0.3, 0.4) is 0 Å². The maximum absolute atomic E-state index is 6.44. The predicted molar refractivity (Wildman–Crippen MR) is 157 cm³/mol. The Morgan fingerprint density at radius 1 is 0.447 bits per heavy atom. The Labute approximate surface area is 221 Å². The van der Waals surface area contributed by atoms with Gasteiger partial charge in [0.2, 0.25) is 0 Å². The summed E-state index contributed by atoms with van der Waals surface area (Å²) in [5.74, 6) is 0. The second-order valence-electron chi connectivity index (χ2n) is 9.62. The lowest BCUT2D eigenvalue weighted by molar-refractivity contribution is 0.427. The van der Waals surface area contributed by atoms with Crippen LogP contribution < -0.4 is 10.2 Å². The van der Waals surface area contributed by atoms with E-state index in [1.54, 1.807) is 0 Å². The van der Waals surface area contributed by atoms with E-state index in [1.165, 1.54) is 0 Å². The van der Waals surface area contributed by atoms with E-state index in [1.807, 2.05) is 72.8 Å². The van der Waals surface area contributed by atoms with Crippen molar-refractivity contribution in [3.8, 4) is 0 Å². The van der Waals surface area contributed by atoms with E-state index >= 15 is 0 Å². The summed E-state index contributed by atoms with van der Waals surface area (Å²) < 4.78 is 25.8. The van der Waals surface area contributed by atoms with Crippen molar-refractivity contribution in [3.05, 3.63) is 97.1 Å². The molecule has 8 heteroatoms. The zero-order valence-corrected chi connectivity index (χ0v) is 22.5. The molecule has 0 saturated heterocycles. The van der Waals surface area contributed by atoms with Gasteiger partial charge in [-0.05, 0) is 37.1 Å². The molecular formula is C30H28N2O4P2. The normalized spacial score (nSPS) is 17.8. The maximum atomic E-state index is 6.44. The van der Waals surface area contributed by atoms with Gasteiger partial charge in [0.25, 0.3) is 0 Å². The summed E-state index contributed by atoms with van der Waals surface area (Å²) in [7, 11) is -2.80. The minimum atomic E-state index is -1.40. The quantitative estimate of drug-likeness (QED) is 0.231. The highest BCUT2D eigenvalue weighted by Gasteiger charge is 2.28. The fourth-order valence-corrected chi connectivity index (χ4v) is 8.08. The summed E-state index contributed by atoms with van der Waals surface area (Å²) >= 11 is 0. The molecule has 4 aromatic carbocycles. The van der Waals surface area contributed by atoms with Gasteiger partial charge in [-0.1, -0.05) is 85.6 Å². The molecule has 1 saturated carbocycles. The molecule has 38 heavy (non-hydrogen) atoms. The lowest BCUT2D eigenvalue weighted by Gasteiger charge is -2.30. The van der Waals surface area contributed by atoms with Crippen molar-refractivity contribution in [2.24, 2.45) is 0 Å². The van der Waals surface area contributed by atoms with E-state index in [9.17, 15) is 0 Å². The van der Waals surface area contributed by atoms with Crippen LogP contribution in [0.4, 0.5) is 0 Å². The Bertz CT molecular complexity index is 1580. The number of rotatable bonds is 4. The molecule has 1 aliphatic rings. The summed E-state index contributed by atoms with van der Waals surface area (Å²) in [5.41, 5.74) is 3.35. The summed E-state index contributed by atoms with van der Waals surface area (Å²) in [6.45, 7) is 0. The lowest BCUT2D eigenvalue weighted by atomic mass is 9.92. The first-order valence-corrected chi connectivity index (χ1v) is 15.4. The lowest BCUT2D eigenvalue weighted by Crippen LogP contribution is -2.40. The minimum Gasteiger partial charge on any atom is -0.408 e. The van der Waals surface area contributed by atoms with Crippen LogP contribution in [0.25, 0.3) is 43.9 Å². The largest absolute Gasteiger partial charge is 0.408 e. The van der Waals surface area contributed by atoms with Gasteiger partial charge in [-0.15, -0.1) is 0 Å². The minimum absolute atomic E-state index is 0.149. The first-order valence-electron chi connectivity index (χ1n) is 13.0. The highest BCUT2D eigenvalue weighted by atomic mass is 31.1. The SMILES string of the molecule is c1ccc2c(c1)op(N[C@@H]1CCCC[C@H]1Np1oc3ccccc3c3ccccc3o1)oc1ccccc12. The third-order valence-electron chi connectivity index (χ3n) is 7.16. The van der Waals surface area contributed by atoms with Crippen molar-refractivity contribution in [1.29, 1.82) is 0 Å². The highest BCUT2D eigenvalue weighted by molar-refractivity contribution is 7.39. The second-order valence-corrected chi connectivity index (χ2v) is 11.9. The number of benzene rings is 4. The fourth-order valence-electron chi connectivity index (χ4n) is 5.29. The van der Waals surface area contributed by atoms with Crippen molar-refractivity contribution in [1.82, 2.24) is 0 Å². The Morgan fingerprint density at radius 2 is 0.737 bits per heavy atom. The van der Waals surface area contributed by atoms with Crippen molar-refractivity contribution in [3.63, 3.8) is 0 Å². The predicted octanol–water partition coefficient (Wildman–Crippen LogP) is 9.99. The Kier molecular flexibility index (Phi) is 6.48. The molecule has 0 aliphatic heterocycles. The molecule has 1 fully saturated rings. The van der Waals surface area contributed by atoms with E-state index in [0.717, 1.165) is 69.6 Å². The smallest absolute Gasteiger partial charge is 0.307 e. The third kappa shape index (κ3) is 4.66. The fraction of sp³-hybridized carbons (Fsp3) is 0.200. The zero-order chi connectivity index (χ0) is 25.3. The summed E-state index contributed by atoms with van der Waals surface area (Å²) in [4.78, 5) is 0. The number of hydrogen-bond acceptors (Lipinski definition) is 6. The molecule has 1 aliphatic carbocycles. The van der Waals surface area contributed by atoms with Gasteiger partial charge >= 0.3 is 16.3 Å². The van der Waals surface area contributed by atoms with Gasteiger partial charge in [-0.3, -0.25) is 0 Å². The Balaban J connectivity index is 1.27. The highest BCUT2D eigenvalue weighted by Crippen LogP contribution is 2.39. The molecule has 2 heterocycles. The zero-order valence-electron chi connectivity index (χ0n) is 20.7. The number of para-hydroxylation sites is 4. The van der Waals surface area contributed by atoms with Crippen LogP contribution in [-0.4, -0.2) is 12.1 Å². The first-order chi connectivity index (χ1) is 18.8. The molecule has 0 spiro atoms.